The molecule has 1 heterocycles. The van der Waals surface area contributed by atoms with E-state index in [1.807, 2.05) is 0 Å². The van der Waals surface area contributed by atoms with Gasteiger partial charge in [-0.25, -0.2) is 0 Å². The fraction of sp³-hybridized carbons (Fsp3) is 0.235. The summed E-state index contributed by atoms with van der Waals surface area (Å²) in [6.07, 6.45) is 6.31. The normalized spacial score (nSPS) is 17.6. The van der Waals surface area contributed by atoms with Crippen LogP contribution in [0.15, 0.2) is 105 Å². The molecule has 4 aromatic rings. The van der Waals surface area contributed by atoms with E-state index in [1.54, 1.807) is 0 Å². The molecular weight excluding hydrogens is 464 g/mol. The second kappa shape index (κ2) is 9.29. The van der Waals surface area contributed by atoms with Crippen molar-refractivity contribution in [2.24, 2.45) is 9.98 Å². The van der Waals surface area contributed by atoms with Crippen LogP contribution in [0.1, 0.15) is 52.4 Å². The van der Waals surface area contributed by atoms with Gasteiger partial charge in [0.1, 0.15) is 0 Å². The van der Waals surface area contributed by atoms with Gasteiger partial charge in [-0.05, 0) is 109 Å². The van der Waals surface area contributed by atoms with Crippen LogP contribution in [0.4, 0.5) is 22.7 Å². The van der Waals surface area contributed by atoms with Crippen molar-refractivity contribution in [3.05, 3.63) is 95.3 Å². The summed E-state index contributed by atoms with van der Waals surface area (Å²) < 4.78 is 0. The minimum atomic E-state index is 0.994. The summed E-state index contributed by atoms with van der Waals surface area (Å²) in [5.41, 5.74) is 11.5. The van der Waals surface area contributed by atoms with Crippen molar-refractivity contribution in [1.82, 2.24) is 0 Å². The summed E-state index contributed by atoms with van der Waals surface area (Å²) in [6.45, 7) is 4.39. The smallest absolute Gasteiger partial charge is 0.0874 e. The van der Waals surface area contributed by atoms with Gasteiger partial charge in [-0.1, -0.05) is 48.5 Å². The minimum Gasteiger partial charge on any atom is -0.357 e. The largest absolute Gasteiger partial charge is 0.357 e. The molecule has 0 amide bonds. The van der Waals surface area contributed by atoms with Crippen LogP contribution in [0.2, 0.25) is 0 Å². The van der Waals surface area contributed by atoms with Crippen LogP contribution >= 0.6 is 0 Å². The van der Waals surface area contributed by atoms with Crippen LogP contribution in [0.3, 0.4) is 0 Å². The lowest BCUT2D eigenvalue weighted by Crippen LogP contribution is -2.07. The molecule has 0 unspecified atom stereocenters. The van der Waals surface area contributed by atoms with Crippen molar-refractivity contribution < 1.29 is 0 Å². The van der Waals surface area contributed by atoms with Crippen LogP contribution in [0.25, 0.3) is 21.5 Å². The lowest BCUT2D eigenvalue weighted by molar-refractivity contribution is 0.939. The van der Waals surface area contributed by atoms with Gasteiger partial charge in [-0.15, -0.1) is 0 Å². The standard InChI is InChI=1S/C34H32N4/c1-21-27-13-7-15-29(27)37-34-20-26-12-6-4-10-24(26)18-32(34)36-22(2)28-14-8-16-30(28)38-33-19-25-11-5-3-9-23(25)17-31(33)35-21/h3-6,9-12,17-20,35-36H,7-8,13-16H2,1-2H3. The molecule has 0 bridgehead atoms. The monoisotopic (exact) mass is 496 g/mol. The maximum absolute atomic E-state index is 5.32. The van der Waals surface area contributed by atoms with Crippen LogP contribution in [0, 0.1) is 0 Å². The van der Waals surface area contributed by atoms with Crippen molar-refractivity contribution in [3.8, 4) is 0 Å². The highest BCUT2D eigenvalue weighted by Crippen LogP contribution is 2.39. The van der Waals surface area contributed by atoms with Crippen molar-refractivity contribution >= 4 is 55.7 Å². The highest BCUT2D eigenvalue weighted by atomic mass is 15.0. The molecule has 4 aromatic carbocycles. The molecule has 3 aliphatic rings. The van der Waals surface area contributed by atoms with Gasteiger partial charge < -0.3 is 10.6 Å². The van der Waals surface area contributed by atoms with E-state index in [4.69, 9.17) is 9.98 Å². The Hall–Kier alpha value is -4.18. The first-order valence-electron chi connectivity index (χ1n) is 13.8. The second-order valence-corrected chi connectivity index (χ2v) is 10.7. The van der Waals surface area contributed by atoms with Gasteiger partial charge in [0, 0.05) is 22.8 Å². The number of hydrogen-bond donors (Lipinski definition) is 2. The Kier molecular flexibility index (Phi) is 5.61. The van der Waals surface area contributed by atoms with E-state index < -0.39 is 0 Å². The maximum atomic E-state index is 5.32. The fourth-order valence-corrected chi connectivity index (χ4v) is 6.20. The molecule has 0 atom stereocenters. The molecule has 2 aliphatic carbocycles. The van der Waals surface area contributed by atoms with E-state index in [0.29, 0.717) is 0 Å². The van der Waals surface area contributed by atoms with Gasteiger partial charge in [-0.2, -0.15) is 0 Å². The van der Waals surface area contributed by atoms with Crippen molar-refractivity contribution in [1.29, 1.82) is 0 Å². The highest BCUT2D eigenvalue weighted by molar-refractivity contribution is 6.08. The fourth-order valence-electron chi connectivity index (χ4n) is 6.20. The Balaban J connectivity index is 1.48. The molecule has 0 aromatic heterocycles. The van der Waals surface area contributed by atoms with E-state index >= 15 is 0 Å². The molecule has 0 spiro atoms. The average Bonchev–Trinajstić information content (AvgIpc) is 3.58. The van der Waals surface area contributed by atoms with Gasteiger partial charge in [0.2, 0.25) is 0 Å². The van der Waals surface area contributed by atoms with Gasteiger partial charge >= 0.3 is 0 Å². The van der Waals surface area contributed by atoms with Crippen molar-refractivity contribution in [3.63, 3.8) is 0 Å². The average molecular weight is 497 g/mol. The number of benzene rings is 4. The Morgan fingerprint density at radius 3 is 1.34 bits per heavy atom. The summed E-state index contributed by atoms with van der Waals surface area (Å²) in [6, 6.07) is 26.1. The zero-order valence-electron chi connectivity index (χ0n) is 22.1. The summed E-state index contributed by atoms with van der Waals surface area (Å²) in [5.74, 6) is 0. The van der Waals surface area contributed by atoms with Crippen LogP contribution in [-0.4, -0.2) is 11.4 Å². The lowest BCUT2D eigenvalue weighted by Gasteiger charge is -2.18. The molecule has 4 nitrogen and oxygen atoms in total. The predicted octanol–water partition coefficient (Wildman–Crippen LogP) is 9.59. The van der Waals surface area contributed by atoms with Crippen LogP contribution in [0.5, 0.6) is 0 Å². The summed E-state index contributed by atoms with van der Waals surface area (Å²) >= 11 is 0. The first-order chi connectivity index (χ1) is 18.6. The molecule has 0 radical (unpaired) electrons. The molecule has 2 N–H and O–H groups in total. The Morgan fingerprint density at radius 2 is 0.921 bits per heavy atom. The third-order valence-electron chi connectivity index (χ3n) is 8.17. The third-order valence-corrected chi connectivity index (χ3v) is 8.17. The topological polar surface area (TPSA) is 48.8 Å². The zero-order valence-corrected chi connectivity index (χ0v) is 22.1. The van der Waals surface area contributed by atoms with Crippen molar-refractivity contribution in [2.75, 3.05) is 10.6 Å². The number of fused-ring (bicyclic) bond motifs is 6. The molecule has 188 valence electrons. The van der Waals surface area contributed by atoms with Gasteiger partial charge in [0.05, 0.1) is 22.7 Å². The predicted molar refractivity (Wildman–Crippen MR) is 162 cm³/mol. The first-order valence-corrected chi connectivity index (χ1v) is 13.8. The third kappa shape index (κ3) is 4.10. The van der Waals surface area contributed by atoms with E-state index in [-0.39, 0.29) is 0 Å². The Labute approximate surface area is 223 Å². The highest BCUT2D eigenvalue weighted by Gasteiger charge is 2.23. The number of nitrogens with zero attached hydrogens (tertiary/aromatic N) is 2. The molecule has 1 aliphatic heterocycles. The van der Waals surface area contributed by atoms with Crippen molar-refractivity contribution in [2.45, 2.75) is 52.4 Å². The van der Waals surface area contributed by atoms with Crippen LogP contribution in [-0.2, 0) is 0 Å². The molecule has 38 heavy (non-hydrogen) atoms. The zero-order chi connectivity index (χ0) is 25.6. The van der Waals surface area contributed by atoms with Crippen LogP contribution < -0.4 is 10.6 Å². The number of hydrogen-bond acceptors (Lipinski definition) is 4. The van der Waals surface area contributed by atoms with Gasteiger partial charge in [0.25, 0.3) is 0 Å². The summed E-state index contributed by atoms with van der Waals surface area (Å²) in [4.78, 5) is 10.6. The number of aliphatic imine (C=N–C) groups is 2. The first kappa shape index (κ1) is 23.0. The Morgan fingerprint density at radius 1 is 0.526 bits per heavy atom. The van der Waals surface area contributed by atoms with E-state index in [9.17, 15) is 0 Å². The number of anilines is 2. The van der Waals surface area contributed by atoms with E-state index in [0.717, 1.165) is 61.3 Å². The minimum absolute atomic E-state index is 0.994. The quantitative estimate of drug-likeness (QED) is 0.255. The van der Waals surface area contributed by atoms with E-state index in [2.05, 4.69) is 97.3 Å². The van der Waals surface area contributed by atoms with Gasteiger partial charge in [0.15, 0.2) is 0 Å². The molecule has 4 heteroatoms. The summed E-state index contributed by atoms with van der Waals surface area (Å²) in [7, 11) is 0. The summed E-state index contributed by atoms with van der Waals surface area (Å²) in [5, 5.41) is 12.4. The molecular formula is C34H32N4. The van der Waals surface area contributed by atoms with E-state index in [1.165, 1.54) is 55.5 Å². The number of rotatable bonds is 0. The molecule has 7 rings (SSSR count). The number of nitrogens with one attached hydrogen (secondary N) is 2. The molecule has 2 fully saturated rings. The second-order valence-electron chi connectivity index (χ2n) is 10.7. The maximum Gasteiger partial charge on any atom is 0.0874 e. The number of allylic oxidation sites excluding steroid dienone is 4. The lowest BCUT2D eigenvalue weighted by atomic mass is 10.1. The molecule has 2 saturated carbocycles. The van der Waals surface area contributed by atoms with Gasteiger partial charge in [-0.3, -0.25) is 9.98 Å². The Bertz CT molecular complexity index is 1610. The molecule has 0 saturated heterocycles. The SMILES string of the molecule is CC1=C2CCCC2=Nc2cc3ccccc3cc2NC(C)=C2CCCC2=Nc2cc3ccccc3cc2N1.